The summed E-state index contributed by atoms with van der Waals surface area (Å²) in [4.78, 5) is 15.1. The second kappa shape index (κ2) is 7.22. The summed E-state index contributed by atoms with van der Waals surface area (Å²) in [6.07, 6.45) is 1.64. The molecule has 0 bridgehead atoms. The molecule has 0 saturated carbocycles. The Morgan fingerprint density at radius 2 is 1.86 bits per heavy atom. The summed E-state index contributed by atoms with van der Waals surface area (Å²) in [5.74, 6) is -2.00. The lowest BCUT2D eigenvalue weighted by Crippen LogP contribution is -2.11. The number of H-pyrrole nitrogens is 1. The van der Waals surface area contributed by atoms with Gasteiger partial charge in [-0.05, 0) is 47.9 Å². The Kier molecular flexibility index (Phi) is 4.60. The maximum absolute atomic E-state index is 14.2. The van der Waals surface area contributed by atoms with Gasteiger partial charge in [0.1, 0.15) is 17.5 Å². The standard InChI is InChI=1S/C20H14F3N3O2/c21-12-3-1-11(2-4-12)19-14(5-6-17(27)25-18-7-8-24-28-18)15-9-13(22)10-16(23)20(15)26-19/h1-4,7-10,26H,5-6H2,(H,25,27). The number of nitrogens with one attached hydrogen (secondary N) is 2. The van der Waals surface area contributed by atoms with Gasteiger partial charge >= 0.3 is 0 Å². The summed E-state index contributed by atoms with van der Waals surface area (Å²) in [7, 11) is 0. The van der Waals surface area contributed by atoms with E-state index in [0.29, 0.717) is 22.2 Å². The predicted octanol–water partition coefficient (Wildman–Crippen LogP) is 4.81. The highest BCUT2D eigenvalue weighted by atomic mass is 19.1. The molecule has 0 spiro atoms. The topological polar surface area (TPSA) is 70.9 Å². The molecule has 0 aliphatic heterocycles. The number of fused-ring (bicyclic) bond motifs is 1. The highest BCUT2D eigenvalue weighted by molar-refractivity contribution is 5.93. The minimum atomic E-state index is -0.740. The van der Waals surface area contributed by atoms with Crippen molar-refractivity contribution < 1.29 is 22.5 Å². The summed E-state index contributed by atoms with van der Waals surface area (Å²) in [6.45, 7) is 0. The van der Waals surface area contributed by atoms with Gasteiger partial charge in [-0.1, -0.05) is 5.16 Å². The van der Waals surface area contributed by atoms with Crippen molar-refractivity contribution in [2.75, 3.05) is 5.32 Å². The number of aromatic amines is 1. The van der Waals surface area contributed by atoms with E-state index in [4.69, 9.17) is 4.52 Å². The van der Waals surface area contributed by atoms with Crippen LogP contribution in [0.5, 0.6) is 0 Å². The SMILES string of the molecule is O=C(CCc1c(-c2ccc(F)cc2)[nH]c2c(F)cc(F)cc12)Nc1ccno1. The lowest BCUT2D eigenvalue weighted by Gasteiger charge is -2.06. The lowest BCUT2D eigenvalue weighted by atomic mass is 10.0. The first kappa shape index (κ1) is 17.8. The third-order valence-corrected chi connectivity index (χ3v) is 4.37. The van der Waals surface area contributed by atoms with Crippen LogP contribution >= 0.6 is 0 Å². The van der Waals surface area contributed by atoms with Crippen molar-refractivity contribution in [3.63, 3.8) is 0 Å². The van der Waals surface area contributed by atoms with Crippen LogP contribution in [-0.2, 0) is 11.2 Å². The van der Waals surface area contributed by atoms with E-state index in [1.807, 2.05) is 0 Å². The van der Waals surface area contributed by atoms with Gasteiger partial charge in [0.2, 0.25) is 11.8 Å². The van der Waals surface area contributed by atoms with Crippen molar-refractivity contribution in [3.8, 4) is 11.3 Å². The first-order valence-electron chi connectivity index (χ1n) is 8.47. The molecule has 1 amide bonds. The number of carbonyl (C=O) groups is 1. The minimum Gasteiger partial charge on any atom is -0.352 e. The van der Waals surface area contributed by atoms with Gasteiger partial charge in [0.05, 0.1) is 11.7 Å². The zero-order valence-electron chi connectivity index (χ0n) is 14.4. The van der Waals surface area contributed by atoms with E-state index >= 15 is 0 Å². The van der Waals surface area contributed by atoms with Gasteiger partial charge in [0.15, 0.2) is 0 Å². The fraction of sp³-hybridized carbons (Fsp3) is 0.100. The smallest absolute Gasteiger partial charge is 0.231 e. The molecule has 4 aromatic rings. The molecular weight excluding hydrogens is 371 g/mol. The second-order valence-electron chi connectivity index (χ2n) is 6.22. The van der Waals surface area contributed by atoms with Crippen molar-refractivity contribution in [3.05, 3.63) is 71.7 Å². The summed E-state index contributed by atoms with van der Waals surface area (Å²) >= 11 is 0. The molecule has 5 nitrogen and oxygen atoms in total. The summed E-state index contributed by atoms with van der Waals surface area (Å²) < 4.78 is 46.1. The Morgan fingerprint density at radius 1 is 1.07 bits per heavy atom. The molecule has 2 N–H and O–H groups in total. The number of amides is 1. The van der Waals surface area contributed by atoms with Gasteiger partial charge in [-0.2, -0.15) is 0 Å². The van der Waals surface area contributed by atoms with Crippen LogP contribution in [0.2, 0.25) is 0 Å². The highest BCUT2D eigenvalue weighted by Gasteiger charge is 2.18. The Hall–Kier alpha value is -3.55. The van der Waals surface area contributed by atoms with E-state index in [1.165, 1.54) is 42.6 Å². The number of benzene rings is 2. The molecule has 0 radical (unpaired) electrons. The zero-order chi connectivity index (χ0) is 19.7. The van der Waals surface area contributed by atoms with Crippen molar-refractivity contribution in [2.45, 2.75) is 12.8 Å². The number of hydrogen-bond acceptors (Lipinski definition) is 3. The largest absolute Gasteiger partial charge is 0.352 e. The lowest BCUT2D eigenvalue weighted by molar-refractivity contribution is -0.116. The monoisotopic (exact) mass is 385 g/mol. The molecule has 0 saturated heterocycles. The third-order valence-electron chi connectivity index (χ3n) is 4.37. The van der Waals surface area contributed by atoms with Crippen LogP contribution in [0.25, 0.3) is 22.2 Å². The summed E-state index contributed by atoms with van der Waals surface area (Å²) in [6, 6.07) is 9.12. The normalized spacial score (nSPS) is 11.1. The number of aryl methyl sites for hydroxylation is 1. The fourth-order valence-electron chi connectivity index (χ4n) is 3.12. The summed E-state index contributed by atoms with van der Waals surface area (Å²) in [5, 5.41) is 6.38. The Labute approximate surface area is 157 Å². The van der Waals surface area contributed by atoms with Crippen LogP contribution in [-0.4, -0.2) is 16.0 Å². The molecule has 0 aliphatic rings. The maximum Gasteiger partial charge on any atom is 0.231 e. The number of rotatable bonds is 5. The van der Waals surface area contributed by atoms with Crippen LogP contribution in [0.4, 0.5) is 19.1 Å². The average Bonchev–Trinajstić information content (AvgIpc) is 3.28. The van der Waals surface area contributed by atoms with Crippen LogP contribution in [0.1, 0.15) is 12.0 Å². The molecule has 0 atom stereocenters. The van der Waals surface area contributed by atoms with Gasteiger partial charge in [-0.25, -0.2) is 13.2 Å². The van der Waals surface area contributed by atoms with Gasteiger partial charge in [-0.15, -0.1) is 0 Å². The Morgan fingerprint density at radius 3 is 2.57 bits per heavy atom. The van der Waals surface area contributed by atoms with Crippen LogP contribution < -0.4 is 5.32 Å². The van der Waals surface area contributed by atoms with Gasteiger partial charge in [0, 0.05) is 29.6 Å². The van der Waals surface area contributed by atoms with Crippen molar-refractivity contribution in [2.24, 2.45) is 0 Å². The molecule has 2 aromatic carbocycles. The quantitative estimate of drug-likeness (QED) is 0.518. The molecular formula is C20H14F3N3O2. The Bertz CT molecular complexity index is 1140. The molecule has 2 aromatic heterocycles. The number of nitrogens with zero attached hydrogens (tertiary/aromatic N) is 1. The molecule has 4 rings (SSSR count). The van der Waals surface area contributed by atoms with Crippen LogP contribution in [0.3, 0.4) is 0 Å². The second-order valence-corrected chi connectivity index (χ2v) is 6.22. The first-order chi connectivity index (χ1) is 13.5. The van der Waals surface area contributed by atoms with E-state index in [0.717, 1.165) is 6.07 Å². The number of carbonyl (C=O) groups excluding carboxylic acids is 1. The number of aromatic nitrogens is 2. The van der Waals surface area contributed by atoms with E-state index in [2.05, 4.69) is 15.5 Å². The summed E-state index contributed by atoms with van der Waals surface area (Å²) in [5.41, 5.74) is 1.80. The fourth-order valence-corrected chi connectivity index (χ4v) is 3.12. The number of anilines is 1. The van der Waals surface area contributed by atoms with Gasteiger partial charge in [-0.3, -0.25) is 10.1 Å². The van der Waals surface area contributed by atoms with E-state index in [-0.39, 0.29) is 30.1 Å². The van der Waals surface area contributed by atoms with Crippen molar-refractivity contribution in [1.82, 2.24) is 10.1 Å². The van der Waals surface area contributed by atoms with Crippen molar-refractivity contribution in [1.29, 1.82) is 0 Å². The van der Waals surface area contributed by atoms with Crippen molar-refractivity contribution >= 4 is 22.7 Å². The predicted molar refractivity (Wildman–Crippen MR) is 97.1 cm³/mol. The molecule has 8 heteroatoms. The molecule has 0 fully saturated rings. The van der Waals surface area contributed by atoms with Gasteiger partial charge < -0.3 is 9.51 Å². The molecule has 142 valence electrons. The highest BCUT2D eigenvalue weighted by Crippen LogP contribution is 2.33. The molecule has 2 heterocycles. The molecule has 0 aliphatic carbocycles. The van der Waals surface area contributed by atoms with Crippen LogP contribution in [0, 0.1) is 17.5 Å². The molecule has 0 unspecified atom stereocenters. The zero-order valence-corrected chi connectivity index (χ0v) is 14.4. The van der Waals surface area contributed by atoms with Gasteiger partial charge in [0.25, 0.3) is 0 Å². The van der Waals surface area contributed by atoms with E-state index < -0.39 is 17.5 Å². The third kappa shape index (κ3) is 3.48. The number of halogens is 3. The molecule has 28 heavy (non-hydrogen) atoms. The maximum atomic E-state index is 14.2. The van der Waals surface area contributed by atoms with E-state index in [1.54, 1.807) is 0 Å². The average molecular weight is 385 g/mol. The first-order valence-corrected chi connectivity index (χ1v) is 8.47. The number of hydrogen-bond donors (Lipinski definition) is 2. The minimum absolute atomic E-state index is 0.0416. The van der Waals surface area contributed by atoms with Crippen LogP contribution in [0.15, 0.2) is 53.2 Å². The van der Waals surface area contributed by atoms with E-state index in [9.17, 15) is 18.0 Å². The Balaban J connectivity index is 1.70.